The summed E-state index contributed by atoms with van der Waals surface area (Å²) in [5.41, 5.74) is 1.23. The molecule has 0 spiro atoms. The van der Waals surface area contributed by atoms with Crippen molar-refractivity contribution in [2.45, 2.75) is 13.3 Å². The highest BCUT2D eigenvalue weighted by Crippen LogP contribution is 2.13. The van der Waals surface area contributed by atoms with E-state index in [-0.39, 0.29) is 5.91 Å². The van der Waals surface area contributed by atoms with Gasteiger partial charge in [0.05, 0.1) is 5.01 Å². The SMILES string of the molecule is Cc1nc(C(=O)NCCc2nc(-c3cccnc3)no2)cs1. The molecule has 0 unspecified atom stereocenters. The average molecular weight is 315 g/mol. The van der Waals surface area contributed by atoms with E-state index in [4.69, 9.17) is 4.52 Å². The molecule has 22 heavy (non-hydrogen) atoms. The van der Waals surface area contributed by atoms with Gasteiger partial charge in [-0.25, -0.2) is 4.98 Å². The number of aromatic nitrogens is 4. The van der Waals surface area contributed by atoms with Gasteiger partial charge in [0.15, 0.2) is 0 Å². The molecular weight excluding hydrogens is 302 g/mol. The number of nitrogens with zero attached hydrogens (tertiary/aromatic N) is 4. The van der Waals surface area contributed by atoms with Crippen LogP contribution in [0.4, 0.5) is 0 Å². The maximum absolute atomic E-state index is 11.8. The number of pyridine rings is 1. The third-order valence-electron chi connectivity index (χ3n) is 2.86. The van der Waals surface area contributed by atoms with E-state index in [2.05, 4.69) is 25.4 Å². The zero-order valence-electron chi connectivity index (χ0n) is 11.8. The molecule has 1 N–H and O–H groups in total. The van der Waals surface area contributed by atoms with Crippen LogP contribution in [0.2, 0.25) is 0 Å². The summed E-state index contributed by atoms with van der Waals surface area (Å²) in [6.07, 6.45) is 3.81. The van der Waals surface area contributed by atoms with E-state index in [1.165, 1.54) is 11.3 Å². The van der Waals surface area contributed by atoms with Crippen molar-refractivity contribution in [2.24, 2.45) is 0 Å². The maximum atomic E-state index is 11.8. The zero-order chi connectivity index (χ0) is 15.4. The Bertz CT molecular complexity index is 768. The van der Waals surface area contributed by atoms with Gasteiger partial charge >= 0.3 is 0 Å². The summed E-state index contributed by atoms with van der Waals surface area (Å²) in [6.45, 7) is 2.27. The van der Waals surface area contributed by atoms with Gasteiger partial charge in [-0.1, -0.05) is 5.16 Å². The van der Waals surface area contributed by atoms with Crippen molar-refractivity contribution >= 4 is 17.2 Å². The summed E-state index contributed by atoms with van der Waals surface area (Å²) < 4.78 is 5.16. The number of aryl methyl sites for hydroxylation is 1. The fourth-order valence-corrected chi connectivity index (χ4v) is 2.40. The third kappa shape index (κ3) is 3.34. The molecule has 0 radical (unpaired) electrons. The van der Waals surface area contributed by atoms with E-state index in [1.807, 2.05) is 13.0 Å². The fourth-order valence-electron chi connectivity index (χ4n) is 1.81. The minimum absolute atomic E-state index is 0.198. The van der Waals surface area contributed by atoms with Crippen LogP contribution in [0.5, 0.6) is 0 Å². The molecule has 3 aromatic rings. The number of carbonyl (C=O) groups is 1. The Morgan fingerprint density at radius 3 is 3.05 bits per heavy atom. The molecule has 3 aromatic heterocycles. The molecule has 0 fully saturated rings. The van der Waals surface area contributed by atoms with Crippen molar-refractivity contribution in [2.75, 3.05) is 6.54 Å². The van der Waals surface area contributed by atoms with Gasteiger partial charge in [0.1, 0.15) is 5.69 Å². The first-order chi connectivity index (χ1) is 10.7. The summed E-state index contributed by atoms with van der Waals surface area (Å²) in [6, 6.07) is 3.66. The maximum Gasteiger partial charge on any atom is 0.270 e. The molecule has 0 bridgehead atoms. The molecule has 0 saturated heterocycles. The quantitative estimate of drug-likeness (QED) is 0.772. The standard InChI is InChI=1S/C14H13N5O2S/c1-9-17-11(8-22-9)14(20)16-6-4-12-18-13(19-21-12)10-3-2-5-15-7-10/h2-3,5,7-8H,4,6H2,1H3,(H,16,20). The highest BCUT2D eigenvalue weighted by molar-refractivity contribution is 7.09. The molecule has 0 aliphatic rings. The molecule has 0 aliphatic carbocycles. The first-order valence-corrected chi connectivity index (χ1v) is 7.53. The second-order valence-electron chi connectivity index (χ2n) is 4.51. The van der Waals surface area contributed by atoms with Crippen LogP contribution in [0.3, 0.4) is 0 Å². The van der Waals surface area contributed by atoms with Crippen LogP contribution in [0.25, 0.3) is 11.4 Å². The first kappa shape index (κ1) is 14.3. The highest BCUT2D eigenvalue weighted by atomic mass is 32.1. The Morgan fingerprint density at radius 2 is 2.32 bits per heavy atom. The Labute approximate surface area is 130 Å². The molecule has 112 valence electrons. The molecule has 3 rings (SSSR count). The summed E-state index contributed by atoms with van der Waals surface area (Å²) in [5.74, 6) is 0.759. The number of nitrogens with one attached hydrogen (secondary N) is 1. The second kappa shape index (κ2) is 6.44. The normalized spacial score (nSPS) is 10.6. The lowest BCUT2D eigenvalue weighted by atomic mass is 10.3. The lowest BCUT2D eigenvalue weighted by Gasteiger charge is -1.99. The summed E-state index contributed by atoms with van der Waals surface area (Å²) in [7, 11) is 0. The van der Waals surface area contributed by atoms with Crippen molar-refractivity contribution in [3.63, 3.8) is 0 Å². The van der Waals surface area contributed by atoms with E-state index in [9.17, 15) is 4.79 Å². The van der Waals surface area contributed by atoms with Crippen LogP contribution in [-0.4, -0.2) is 32.6 Å². The lowest BCUT2D eigenvalue weighted by Crippen LogP contribution is -2.26. The first-order valence-electron chi connectivity index (χ1n) is 6.65. The Morgan fingerprint density at radius 1 is 1.41 bits per heavy atom. The van der Waals surface area contributed by atoms with Crippen molar-refractivity contribution in [3.05, 3.63) is 46.5 Å². The summed E-state index contributed by atoms with van der Waals surface area (Å²) >= 11 is 1.44. The Kier molecular flexibility index (Phi) is 4.19. The van der Waals surface area contributed by atoms with Gasteiger partial charge in [0.25, 0.3) is 5.91 Å². The lowest BCUT2D eigenvalue weighted by molar-refractivity contribution is 0.0949. The number of thiazole rings is 1. The van der Waals surface area contributed by atoms with Crippen LogP contribution in [0.15, 0.2) is 34.4 Å². The van der Waals surface area contributed by atoms with Gasteiger partial charge in [0.2, 0.25) is 11.7 Å². The molecule has 0 atom stereocenters. The molecule has 1 amide bonds. The van der Waals surface area contributed by atoms with Crippen LogP contribution < -0.4 is 5.32 Å². The highest BCUT2D eigenvalue weighted by Gasteiger charge is 2.11. The average Bonchev–Trinajstić information content (AvgIpc) is 3.17. The number of hydrogen-bond acceptors (Lipinski definition) is 7. The Balaban J connectivity index is 1.54. The summed E-state index contributed by atoms with van der Waals surface area (Å²) in [5, 5.41) is 9.27. The predicted molar refractivity (Wildman–Crippen MR) is 80.4 cm³/mol. The number of carbonyl (C=O) groups excluding carboxylic acids is 1. The molecule has 7 nitrogen and oxygen atoms in total. The molecule has 0 aromatic carbocycles. The van der Waals surface area contributed by atoms with E-state index < -0.39 is 0 Å². The minimum atomic E-state index is -0.198. The molecule has 3 heterocycles. The molecule has 8 heteroatoms. The van der Waals surface area contributed by atoms with E-state index in [0.717, 1.165) is 10.6 Å². The molecular formula is C14H13N5O2S. The molecule has 0 saturated carbocycles. The topological polar surface area (TPSA) is 93.8 Å². The smallest absolute Gasteiger partial charge is 0.270 e. The largest absolute Gasteiger partial charge is 0.350 e. The monoisotopic (exact) mass is 315 g/mol. The third-order valence-corrected chi connectivity index (χ3v) is 3.64. The van der Waals surface area contributed by atoms with Gasteiger partial charge < -0.3 is 9.84 Å². The number of amides is 1. The summed E-state index contributed by atoms with van der Waals surface area (Å²) in [4.78, 5) is 24.2. The zero-order valence-corrected chi connectivity index (χ0v) is 12.6. The van der Waals surface area contributed by atoms with Crippen molar-refractivity contribution in [1.29, 1.82) is 0 Å². The number of rotatable bonds is 5. The Hall–Kier alpha value is -2.61. The van der Waals surface area contributed by atoms with Gasteiger partial charge in [-0.15, -0.1) is 11.3 Å². The molecule has 0 aliphatic heterocycles. The van der Waals surface area contributed by atoms with Gasteiger partial charge in [-0.3, -0.25) is 9.78 Å². The van der Waals surface area contributed by atoms with Crippen LogP contribution >= 0.6 is 11.3 Å². The van der Waals surface area contributed by atoms with E-state index >= 15 is 0 Å². The van der Waals surface area contributed by atoms with Crippen LogP contribution in [0.1, 0.15) is 21.4 Å². The van der Waals surface area contributed by atoms with Gasteiger partial charge in [0, 0.05) is 36.3 Å². The van der Waals surface area contributed by atoms with Crippen molar-refractivity contribution in [1.82, 2.24) is 25.4 Å². The van der Waals surface area contributed by atoms with Crippen LogP contribution in [0, 0.1) is 6.92 Å². The van der Waals surface area contributed by atoms with Crippen molar-refractivity contribution < 1.29 is 9.32 Å². The predicted octanol–water partition coefficient (Wildman–Crippen LogP) is 1.87. The second-order valence-corrected chi connectivity index (χ2v) is 5.57. The van der Waals surface area contributed by atoms with Gasteiger partial charge in [-0.05, 0) is 19.1 Å². The van der Waals surface area contributed by atoms with Crippen LogP contribution in [-0.2, 0) is 6.42 Å². The van der Waals surface area contributed by atoms with Crippen molar-refractivity contribution in [3.8, 4) is 11.4 Å². The number of hydrogen-bond donors (Lipinski definition) is 1. The van der Waals surface area contributed by atoms with E-state index in [1.54, 1.807) is 23.8 Å². The van der Waals surface area contributed by atoms with E-state index in [0.29, 0.717) is 30.4 Å². The van der Waals surface area contributed by atoms with Gasteiger partial charge in [-0.2, -0.15) is 4.98 Å². The fraction of sp³-hybridized carbons (Fsp3) is 0.214. The minimum Gasteiger partial charge on any atom is -0.350 e.